The maximum Gasteiger partial charge on any atom is 0.263 e. The lowest BCUT2D eigenvalue weighted by molar-refractivity contribution is -0.428. The third-order valence-electron chi connectivity index (χ3n) is 2.90. The number of nitrogens with zero attached hydrogens (tertiary/aromatic N) is 1. The van der Waals surface area contributed by atoms with Gasteiger partial charge in [-0.05, 0) is 19.3 Å². The molecule has 1 aliphatic carbocycles. The molecule has 98 valence electrons. The van der Waals surface area contributed by atoms with E-state index < -0.39 is 14.0 Å². The minimum Gasteiger partial charge on any atom is -0.259 e. The summed E-state index contributed by atoms with van der Waals surface area (Å²) in [4.78, 5) is 10.1. The lowest BCUT2D eigenvalue weighted by Crippen LogP contribution is -2.09. The topological polar surface area (TPSA) is 77.3 Å². The molecule has 0 aliphatic heterocycles. The zero-order valence-corrected chi connectivity index (χ0v) is 11.1. The van der Waals surface area contributed by atoms with Crippen molar-refractivity contribution in [2.75, 3.05) is 0 Å². The van der Waals surface area contributed by atoms with Gasteiger partial charge in [-0.2, -0.15) is 0 Å². The van der Waals surface area contributed by atoms with Gasteiger partial charge in [0.2, 0.25) is 0 Å². The van der Waals surface area contributed by atoms with Gasteiger partial charge in [0.25, 0.3) is 14.7 Å². The van der Waals surface area contributed by atoms with Crippen molar-refractivity contribution in [2.24, 2.45) is 0 Å². The van der Waals surface area contributed by atoms with Gasteiger partial charge in [-0.15, -0.1) is 0 Å². The van der Waals surface area contributed by atoms with Crippen molar-refractivity contribution < 1.29 is 13.3 Å². The summed E-state index contributed by atoms with van der Waals surface area (Å²) in [6.07, 6.45) is 5.53. The van der Waals surface area contributed by atoms with E-state index in [4.69, 9.17) is 10.7 Å². The second-order valence-corrected chi connectivity index (χ2v) is 6.77. The highest BCUT2D eigenvalue weighted by Gasteiger charge is 2.27. The number of nitro groups is 1. The van der Waals surface area contributed by atoms with Gasteiger partial charge < -0.3 is 0 Å². The molecule has 0 atom stereocenters. The Balaban J connectivity index is 3.08. The second kappa shape index (κ2) is 6.35. The molecule has 0 saturated carbocycles. The number of hydrogen-bond acceptors (Lipinski definition) is 4. The smallest absolute Gasteiger partial charge is 0.259 e. The Morgan fingerprint density at radius 1 is 1.00 bits per heavy atom. The first-order chi connectivity index (χ1) is 7.93. The molecule has 0 fully saturated rings. The summed E-state index contributed by atoms with van der Waals surface area (Å²) in [5.41, 5.74) is -0.220. The molecule has 0 unspecified atom stereocenters. The van der Waals surface area contributed by atoms with Gasteiger partial charge in [0.05, 0.1) is 4.92 Å². The van der Waals surface area contributed by atoms with Crippen LogP contribution in [0.4, 0.5) is 0 Å². The third kappa shape index (κ3) is 4.63. The molecule has 1 aliphatic rings. The summed E-state index contributed by atoms with van der Waals surface area (Å²) in [7, 11) is 1.30. The molecular formula is C10H16ClNO4S. The lowest BCUT2D eigenvalue weighted by Gasteiger charge is -2.09. The molecule has 5 nitrogen and oxygen atoms in total. The van der Waals surface area contributed by atoms with E-state index in [0.717, 1.165) is 25.7 Å². The average Bonchev–Trinajstić information content (AvgIpc) is 2.23. The van der Waals surface area contributed by atoms with Gasteiger partial charge in [-0.3, -0.25) is 10.1 Å². The first-order valence-corrected chi connectivity index (χ1v) is 8.05. The average molecular weight is 282 g/mol. The van der Waals surface area contributed by atoms with E-state index in [0.29, 0.717) is 12.8 Å². The quantitative estimate of drug-likeness (QED) is 0.442. The van der Waals surface area contributed by atoms with Gasteiger partial charge in [0.1, 0.15) is 4.91 Å². The van der Waals surface area contributed by atoms with Crippen LogP contribution in [0.25, 0.3) is 0 Å². The zero-order chi connectivity index (χ0) is 12.9. The van der Waals surface area contributed by atoms with Crippen LogP contribution in [0.15, 0.2) is 10.6 Å². The van der Waals surface area contributed by atoms with Crippen molar-refractivity contribution in [1.29, 1.82) is 0 Å². The molecule has 0 radical (unpaired) electrons. The van der Waals surface area contributed by atoms with Gasteiger partial charge in [0.15, 0.2) is 0 Å². The monoisotopic (exact) mass is 281 g/mol. The number of rotatable bonds is 2. The van der Waals surface area contributed by atoms with Crippen LogP contribution in [-0.4, -0.2) is 13.3 Å². The lowest BCUT2D eigenvalue weighted by atomic mass is 10.0. The van der Waals surface area contributed by atoms with Crippen molar-refractivity contribution in [1.82, 2.24) is 0 Å². The van der Waals surface area contributed by atoms with E-state index in [9.17, 15) is 18.5 Å². The van der Waals surface area contributed by atoms with Crippen LogP contribution < -0.4 is 0 Å². The standard InChI is InChI=1S/C10H16ClNO4S/c11-17(15,16)10-8-6-4-2-1-3-5-7-9(10)12(13)14/h1-8H2/b10-9-. The second-order valence-electron chi connectivity index (χ2n) is 4.19. The number of halogens is 1. The van der Waals surface area contributed by atoms with Crippen LogP contribution in [0, 0.1) is 10.1 Å². The molecule has 0 aromatic carbocycles. The molecular weight excluding hydrogens is 266 g/mol. The first-order valence-electron chi connectivity index (χ1n) is 5.74. The maximum atomic E-state index is 11.4. The first kappa shape index (κ1) is 14.4. The highest BCUT2D eigenvalue weighted by atomic mass is 35.7. The van der Waals surface area contributed by atoms with E-state index in [1.54, 1.807) is 0 Å². The van der Waals surface area contributed by atoms with Crippen molar-refractivity contribution >= 4 is 19.7 Å². The summed E-state index contributed by atoms with van der Waals surface area (Å²) < 4.78 is 22.7. The Bertz CT molecular complexity index is 416. The summed E-state index contributed by atoms with van der Waals surface area (Å²) >= 11 is 0. The fraction of sp³-hybridized carbons (Fsp3) is 0.800. The predicted molar refractivity (Wildman–Crippen MR) is 65.7 cm³/mol. The molecule has 17 heavy (non-hydrogen) atoms. The van der Waals surface area contributed by atoms with E-state index in [2.05, 4.69) is 0 Å². The maximum absolute atomic E-state index is 11.4. The normalized spacial score (nSPS) is 24.3. The van der Waals surface area contributed by atoms with Crippen LogP contribution in [-0.2, 0) is 9.05 Å². The third-order valence-corrected chi connectivity index (χ3v) is 4.49. The van der Waals surface area contributed by atoms with Gasteiger partial charge in [-0.1, -0.05) is 25.7 Å². The van der Waals surface area contributed by atoms with Gasteiger partial charge in [-0.25, -0.2) is 8.42 Å². The molecule has 0 bridgehead atoms. The summed E-state index contributed by atoms with van der Waals surface area (Å²) in [6, 6.07) is 0. The minimum absolute atomic E-state index is 0.183. The fourth-order valence-corrected chi connectivity index (χ4v) is 3.37. The molecule has 0 aromatic rings. The Morgan fingerprint density at radius 2 is 1.47 bits per heavy atom. The number of hydrogen-bond donors (Lipinski definition) is 0. The molecule has 0 saturated heterocycles. The summed E-state index contributed by atoms with van der Waals surface area (Å²) in [6.45, 7) is 0. The highest BCUT2D eigenvalue weighted by Crippen LogP contribution is 2.28. The minimum atomic E-state index is -3.98. The molecule has 0 spiro atoms. The van der Waals surface area contributed by atoms with Crippen LogP contribution in [0.5, 0.6) is 0 Å². The molecule has 1 rings (SSSR count). The van der Waals surface area contributed by atoms with Crippen LogP contribution in [0.3, 0.4) is 0 Å². The van der Waals surface area contributed by atoms with Crippen molar-refractivity contribution in [2.45, 2.75) is 51.4 Å². The Kier molecular flexibility index (Phi) is 5.39. The van der Waals surface area contributed by atoms with Crippen LogP contribution in [0.2, 0.25) is 0 Å². The largest absolute Gasteiger partial charge is 0.263 e. The van der Waals surface area contributed by atoms with Gasteiger partial charge >= 0.3 is 0 Å². The number of allylic oxidation sites excluding steroid dienone is 2. The fourth-order valence-electron chi connectivity index (χ4n) is 2.02. The molecule has 0 amide bonds. The Hall–Kier alpha value is -0.620. The summed E-state index contributed by atoms with van der Waals surface area (Å²) in [5.74, 6) is 0. The van der Waals surface area contributed by atoms with Gasteiger partial charge in [0, 0.05) is 17.1 Å². The van der Waals surface area contributed by atoms with E-state index in [-0.39, 0.29) is 23.4 Å². The molecule has 0 N–H and O–H groups in total. The van der Waals surface area contributed by atoms with Crippen molar-refractivity contribution in [3.05, 3.63) is 20.7 Å². The highest BCUT2D eigenvalue weighted by molar-refractivity contribution is 8.16. The Labute approximate surface area is 105 Å². The SMILES string of the molecule is O=[N+]([O-])/C1=C(\S(=O)(=O)Cl)CCCCCCCC1. The molecule has 7 heteroatoms. The van der Waals surface area contributed by atoms with E-state index in [1.165, 1.54) is 0 Å². The van der Waals surface area contributed by atoms with E-state index >= 15 is 0 Å². The Morgan fingerprint density at radius 3 is 1.94 bits per heavy atom. The van der Waals surface area contributed by atoms with Crippen LogP contribution in [0.1, 0.15) is 51.4 Å². The summed E-state index contributed by atoms with van der Waals surface area (Å²) in [5, 5.41) is 10.9. The van der Waals surface area contributed by atoms with Crippen molar-refractivity contribution in [3.8, 4) is 0 Å². The molecule has 0 aromatic heterocycles. The van der Waals surface area contributed by atoms with Crippen molar-refractivity contribution in [3.63, 3.8) is 0 Å². The van der Waals surface area contributed by atoms with E-state index in [1.807, 2.05) is 0 Å². The predicted octanol–water partition coefficient (Wildman–Crippen LogP) is 3.18. The zero-order valence-electron chi connectivity index (χ0n) is 9.52. The molecule has 0 heterocycles. The van der Waals surface area contributed by atoms with Crippen LogP contribution >= 0.6 is 10.7 Å².